The summed E-state index contributed by atoms with van der Waals surface area (Å²) in [7, 11) is 0. The molecule has 0 spiro atoms. The topological polar surface area (TPSA) is 124 Å². The Morgan fingerprint density at radius 1 is 0.932 bits per heavy atom. The van der Waals surface area contributed by atoms with E-state index in [1.165, 1.54) is 38.0 Å². The van der Waals surface area contributed by atoms with E-state index < -0.39 is 41.7 Å². The maximum Gasteiger partial charge on any atom is 0.325 e. The minimum absolute atomic E-state index is 0.131. The van der Waals surface area contributed by atoms with Gasteiger partial charge in [0.1, 0.15) is 18.1 Å². The van der Waals surface area contributed by atoms with Crippen LogP contribution in [0.1, 0.15) is 81.1 Å². The van der Waals surface area contributed by atoms with Crippen LogP contribution in [-0.2, 0) is 25.7 Å². The summed E-state index contributed by atoms with van der Waals surface area (Å²) in [5.41, 5.74) is 1.48. The van der Waals surface area contributed by atoms with E-state index in [1.807, 2.05) is 30.3 Å². The van der Waals surface area contributed by atoms with Gasteiger partial charge < -0.3 is 20.2 Å². The van der Waals surface area contributed by atoms with E-state index in [2.05, 4.69) is 5.32 Å². The molecule has 4 aliphatic carbocycles. The number of carboxylic acid groups (broad SMARTS) is 1. The molecule has 2 N–H and O–H groups in total. The molecule has 4 fully saturated rings. The molecule has 1 aliphatic heterocycles. The molecule has 0 aromatic heterocycles. The largest absolute Gasteiger partial charge is 0.480 e. The lowest BCUT2D eigenvalue weighted by molar-refractivity contribution is -0.150. The fraction of sp³-hybridized carbons (Fsp3) is 0.514. The Morgan fingerprint density at radius 2 is 1.52 bits per heavy atom. The van der Waals surface area contributed by atoms with Crippen LogP contribution in [0.4, 0.5) is 5.69 Å². The lowest BCUT2D eigenvalue weighted by Gasteiger charge is -2.58. The monoisotopic (exact) mass is 599 g/mol. The number of carbonyl (C=O) groups excluding carboxylic acids is 4. The third kappa shape index (κ3) is 5.76. The van der Waals surface area contributed by atoms with Crippen LogP contribution in [0.2, 0.25) is 0 Å². The summed E-state index contributed by atoms with van der Waals surface area (Å²) >= 11 is 0. The summed E-state index contributed by atoms with van der Waals surface area (Å²) < 4.78 is 0. The van der Waals surface area contributed by atoms with Gasteiger partial charge in [0.15, 0.2) is 5.78 Å². The van der Waals surface area contributed by atoms with E-state index in [0.29, 0.717) is 35.4 Å². The summed E-state index contributed by atoms with van der Waals surface area (Å²) in [6.45, 7) is 2.86. The second kappa shape index (κ2) is 11.8. The summed E-state index contributed by atoms with van der Waals surface area (Å²) in [6, 6.07) is 12.9. The van der Waals surface area contributed by atoms with Crippen LogP contribution in [0.5, 0.6) is 0 Å². The molecule has 1 heterocycles. The molecule has 0 unspecified atom stereocenters. The third-order valence-corrected chi connectivity index (χ3v) is 10.5. The summed E-state index contributed by atoms with van der Waals surface area (Å²) in [4.78, 5) is 71.1. The molecule has 9 heteroatoms. The number of nitrogens with zero attached hydrogens (tertiary/aromatic N) is 2. The smallest absolute Gasteiger partial charge is 0.325 e. The fourth-order valence-corrected chi connectivity index (χ4v) is 9.06. The number of ketones is 1. The van der Waals surface area contributed by atoms with Gasteiger partial charge >= 0.3 is 5.97 Å². The number of carboxylic acids is 1. The maximum atomic E-state index is 15.1. The van der Waals surface area contributed by atoms with Gasteiger partial charge in [0, 0.05) is 18.9 Å². The van der Waals surface area contributed by atoms with Gasteiger partial charge in [-0.15, -0.1) is 0 Å². The van der Waals surface area contributed by atoms with Gasteiger partial charge in [-0.1, -0.05) is 42.5 Å². The molecule has 5 aliphatic rings. The number of amides is 3. The molecule has 3 atom stereocenters. The highest BCUT2D eigenvalue weighted by Crippen LogP contribution is 2.62. The Hall–Kier alpha value is -4.01. The number of nitrogens with one attached hydrogen (secondary N) is 1. The van der Waals surface area contributed by atoms with Crippen molar-refractivity contribution < 1.29 is 29.1 Å². The molecule has 4 saturated carbocycles. The predicted molar refractivity (Wildman–Crippen MR) is 164 cm³/mol. The fourth-order valence-electron chi connectivity index (χ4n) is 9.06. The zero-order valence-corrected chi connectivity index (χ0v) is 25.4. The van der Waals surface area contributed by atoms with Crippen molar-refractivity contribution in [3.8, 4) is 0 Å². The molecule has 44 heavy (non-hydrogen) atoms. The standard InChI is InChI=1S/C35H41N3O6/c1-21(34(43)44)36-32(41)29-15-31(40)27-10-6-7-11-28(27)37(20-23-8-4-3-5-9-23)33(42)30(38(29)22(2)39)19-35-16-24-12-25(17-35)14-26(13-24)18-35/h3-11,21,24-26,29-30H,12-20H2,1-2H3,(H,36,41)(H,43,44)/t21-,24?,25?,26?,29+,30-,35?/m1/s1. The highest BCUT2D eigenvalue weighted by Gasteiger charge is 2.54. The molecule has 7 rings (SSSR count). The third-order valence-electron chi connectivity index (χ3n) is 10.5. The van der Waals surface area contributed by atoms with Crippen molar-refractivity contribution in [1.82, 2.24) is 10.2 Å². The number of hydrogen-bond acceptors (Lipinski definition) is 5. The molecule has 3 amide bonds. The van der Waals surface area contributed by atoms with Crippen LogP contribution in [0.15, 0.2) is 54.6 Å². The molecule has 9 nitrogen and oxygen atoms in total. The van der Waals surface area contributed by atoms with Crippen LogP contribution in [0.3, 0.4) is 0 Å². The quantitative estimate of drug-likeness (QED) is 0.480. The van der Waals surface area contributed by atoms with Gasteiger partial charge in [0.2, 0.25) is 17.7 Å². The summed E-state index contributed by atoms with van der Waals surface area (Å²) in [6.07, 6.45) is 6.69. The SMILES string of the molecule is CC(=O)N1[C@H](CC23CC4CC(CC(C4)C2)C3)C(=O)N(Cc2ccccc2)c2ccccc2C(=O)C[C@H]1C(=O)N[C@H](C)C(=O)O. The Balaban J connectivity index is 1.48. The van der Waals surface area contributed by atoms with Crippen molar-refractivity contribution in [3.05, 3.63) is 65.7 Å². The first-order valence-electron chi connectivity index (χ1n) is 15.8. The van der Waals surface area contributed by atoms with E-state index in [1.54, 1.807) is 29.2 Å². The van der Waals surface area contributed by atoms with E-state index in [0.717, 1.165) is 24.8 Å². The maximum absolute atomic E-state index is 15.1. The van der Waals surface area contributed by atoms with E-state index >= 15 is 4.79 Å². The van der Waals surface area contributed by atoms with Crippen molar-refractivity contribution in [1.29, 1.82) is 0 Å². The van der Waals surface area contributed by atoms with Crippen molar-refractivity contribution in [2.75, 3.05) is 4.90 Å². The second-order valence-corrected chi connectivity index (χ2v) is 13.7. The van der Waals surface area contributed by atoms with Crippen LogP contribution >= 0.6 is 0 Å². The zero-order valence-electron chi connectivity index (χ0n) is 25.4. The molecular weight excluding hydrogens is 558 g/mol. The van der Waals surface area contributed by atoms with Crippen molar-refractivity contribution >= 4 is 35.2 Å². The predicted octanol–water partition coefficient (Wildman–Crippen LogP) is 4.59. The Morgan fingerprint density at radius 3 is 2.11 bits per heavy atom. The van der Waals surface area contributed by atoms with Gasteiger partial charge in [-0.05, 0) is 92.7 Å². The molecule has 232 valence electrons. The molecular formula is C35H41N3O6. The van der Waals surface area contributed by atoms with Gasteiger partial charge in [-0.3, -0.25) is 24.0 Å². The first-order chi connectivity index (χ1) is 21.0. The van der Waals surface area contributed by atoms with Crippen molar-refractivity contribution in [3.63, 3.8) is 0 Å². The molecule has 0 radical (unpaired) electrons. The lowest BCUT2D eigenvalue weighted by atomic mass is 9.48. The van der Waals surface area contributed by atoms with Crippen molar-refractivity contribution in [2.45, 2.75) is 89.9 Å². The highest BCUT2D eigenvalue weighted by atomic mass is 16.4. The number of Topliss-reactive ketones (excluding diaryl/α,β-unsaturated/α-hetero) is 1. The number of carbonyl (C=O) groups is 5. The Labute approximate surface area is 258 Å². The number of para-hydroxylation sites is 1. The van der Waals surface area contributed by atoms with Gasteiger partial charge in [-0.25, -0.2) is 0 Å². The minimum Gasteiger partial charge on any atom is -0.480 e. The van der Waals surface area contributed by atoms with Gasteiger partial charge in [-0.2, -0.15) is 0 Å². The van der Waals surface area contributed by atoms with Crippen LogP contribution in [-0.4, -0.2) is 57.6 Å². The van der Waals surface area contributed by atoms with Gasteiger partial charge in [0.05, 0.1) is 12.2 Å². The molecule has 4 bridgehead atoms. The number of hydrogen-bond donors (Lipinski definition) is 2. The highest BCUT2D eigenvalue weighted by molar-refractivity contribution is 6.10. The average Bonchev–Trinajstić information content (AvgIpc) is 3.00. The molecule has 2 aromatic carbocycles. The van der Waals surface area contributed by atoms with E-state index in [9.17, 15) is 24.3 Å². The second-order valence-electron chi connectivity index (χ2n) is 13.7. The van der Waals surface area contributed by atoms with Crippen LogP contribution in [0, 0.1) is 23.2 Å². The number of fused-ring (bicyclic) bond motifs is 1. The number of rotatable bonds is 7. The first-order valence-corrected chi connectivity index (χ1v) is 15.8. The molecule has 0 saturated heterocycles. The minimum atomic E-state index is -1.34. The molecule has 2 aromatic rings. The lowest BCUT2D eigenvalue weighted by Crippen LogP contribution is -2.61. The van der Waals surface area contributed by atoms with Crippen LogP contribution in [0.25, 0.3) is 0 Å². The number of anilines is 1. The Kier molecular flexibility index (Phi) is 8.07. The van der Waals surface area contributed by atoms with Crippen molar-refractivity contribution in [2.24, 2.45) is 23.2 Å². The first kappa shape index (κ1) is 30.0. The van der Waals surface area contributed by atoms with E-state index in [4.69, 9.17) is 0 Å². The van der Waals surface area contributed by atoms with Crippen LogP contribution < -0.4 is 10.2 Å². The zero-order chi connectivity index (χ0) is 31.2. The Bertz CT molecular complexity index is 1440. The average molecular weight is 600 g/mol. The normalized spacial score (nSPS) is 30.2. The number of aliphatic carboxylic acids is 1. The van der Waals surface area contributed by atoms with Gasteiger partial charge in [0.25, 0.3) is 0 Å². The van der Waals surface area contributed by atoms with E-state index in [-0.39, 0.29) is 24.3 Å². The summed E-state index contributed by atoms with van der Waals surface area (Å²) in [5, 5.41) is 12.0. The number of benzene rings is 2. The summed E-state index contributed by atoms with van der Waals surface area (Å²) in [5.74, 6) is -1.37.